The average Bonchev–Trinajstić information content (AvgIpc) is 3.72. The highest BCUT2D eigenvalue weighted by Crippen LogP contribution is 2.42. The monoisotopic (exact) mass is 658 g/mol. The van der Waals surface area contributed by atoms with Gasteiger partial charge in [-0.3, -0.25) is 39.0 Å². The van der Waals surface area contributed by atoms with E-state index in [2.05, 4.69) is 20.6 Å². The summed E-state index contributed by atoms with van der Waals surface area (Å²) in [4.78, 5) is 62.4. The minimum absolute atomic E-state index is 0.0415. The van der Waals surface area contributed by atoms with Gasteiger partial charge in [0, 0.05) is 37.4 Å². The van der Waals surface area contributed by atoms with Crippen molar-refractivity contribution in [1.29, 1.82) is 0 Å². The number of hydrogen-bond acceptors (Lipinski definition) is 12. The van der Waals surface area contributed by atoms with Crippen molar-refractivity contribution in [3.8, 4) is 0 Å². The Morgan fingerprint density at radius 2 is 1.12 bits per heavy atom. The zero-order chi connectivity index (χ0) is 28.5. The second-order valence-corrected chi connectivity index (χ2v) is 14.6. The Bertz CT molecular complexity index is 1080. The summed E-state index contributed by atoms with van der Waals surface area (Å²) in [6, 6.07) is 0. The Labute approximate surface area is 261 Å². The fourth-order valence-electron chi connectivity index (χ4n) is 4.11. The number of carbonyl (C=O) groups excluding carboxylic acids is 4. The van der Waals surface area contributed by atoms with Gasteiger partial charge in [-0.1, -0.05) is 84.3 Å². The first-order valence-corrected chi connectivity index (χ1v) is 17.5. The third-order valence-corrected chi connectivity index (χ3v) is 10.9. The molecular formula is C24H30N6O4S6. The molecule has 0 radical (unpaired) electrons. The van der Waals surface area contributed by atoms with Gasteiger partial charge in [0.1, 0.15) is 8.64 Å². The van der Waals surface area contributed by atoms with Crippen LogP contribution >= 0.6 is 71.5 Å². The number of thioether (sulfide) groups is 4. The van der Waals surface area contributed by atoms with Crippen LogP contribution in [0, 0.1) is 0 Å². The second-order valence-electron chi connectivity index (χ2n) is 9.10. The molecule has 0 aromatic rings. The first-order valence-electron chi connectivity index (χ1n) is 13.1. The molecule has 0 atom stereocenters. The number of hydrogen-bond donors (Lipinski definition) is 2. The molecule has 216 valence electrons. The van der Waals surface area contributed by atoms with Crippen molar-refractivity contribution in [2.45, 2.75) is 51.4 Å². The summed E-state index contributed by atoms with van der Waals surface area (Å²) in [6.45, 7) is 2.37. The molecule has 0 saturated carbocycles. The van der Waals surface area contributed by atoms with E-state index in [-0.39, 0.29) is 23.6 Å². The van der Waals surface area contributed by atoms with Gasteiger partial charge in [-0.2, -0.15) is 0 Å². The number of rotatable bonds is 12. The molecular weight excluding hydrogens is 629 g/mol. The quantitative estimate of drug-likeness (QED) is 0.183. The second kappa shape index (κ2) is 15.7. The Kier molecular flexibility index (Phi) is 12.3. The van der Waals surface area contributed by atoms with E-state index in [1.54, 1.807) is 23.5 Å². The lowest BCUT2D eigenvalue weighted by Gasteiger charge is -2.14. The van der Waals surface area contributed by atoms with Crippen LogP contribution in [0.4, 0.5) is 0 Å². The highest BCUT2D eigenvalue weighted by Gasteiger charge is 2.41. The lowest BCUT2D eigenvalue weighted by molar-refractivity contribution is -0.124. The van der Waals surface area contributed by atoms with Crippen LogP contribution in [0.25, 0.3) is 0 Å². The zero-order valence-corrected chi connectivity index (χ0v) is 26.7. The molecule has 4 amide bonds. The van der Waals surface area contributed by atoms with Gasteiger partial charge < -0.3 is 10.6 Å². The van der Waals surface area contributed by atoms with Gasteiger partial charge in [-0.25, -0.2) is 0 Å². The van der Waals surface area contributed by atoms with Gasteiger partial charge in [0.05, 0.1) is 22.9 Å². The number of nitrogens with zero attached hydrogens (tertiary/aromatic N) is 4. The molecule has 4 aliphatic rings. The van der Waals surface area contributed by atoms with Gasteiger partial charge in [-0.15, -0.1) is 0 Å². The minimum Gasteiger partial charge on any atom is -0.305 e. The van der Waals surface area contributed by atoms with Crippen molar-refractivity contribution >= 4 is 114 Å². The maximum absolute atomic E-state index is 13.1. The van der Waals surface area contributed by atoms with Crippen molar-refractivity contribution in [2.75, 3.05) is 37.7 Å². The van der Waals surface area contributed by atoms with Crippen LogP contribution in [-0.2, 0) is 19.2 Å². The van der Waals surface area contributed by atoms with Crippen molar-refractivity contribution in [2.24, 2.45) is 9.98 Å². The van der Waals surface area contributed by atoms with Crippen molar-refractivity contribution in [3.63, 3.8) is 0 Å². The van der Waals surface area contributed by atoms with E-state index < -0.39 is 0 Å². The number of nitrogens with one attached hydrogen (secondary N) is 2. The predicted molar refractivity (Wildman–Crippen MR) is 174 cm³/mol. The number of thiocarbonyl (C=S) groups is 2. The maximum Gasteiger partial charge on any atom is 0.267 e. The van der Waals surface area contributed by atoms with Crippen LogP contribution in [0.1, 0.15) is 51.4 Å². The van der Waals surface area contributed by atoms with E-state index in [4.69, 9.17) is 24.4 Å². The van der Waals surface area contributed by atoms with E-state index in [9.17, 15) is 19.2 Å². The lowest BCUT2D eigenvalue weighted by atomic mass is 10.2. The van der Waals surface area contributed by atoms with Crippen LogP contribution in [-0.4, -0.2) is 90.1 Å². The van der Waals surface area contributed by atoms with Crippen molar-refractivity contribution < 1.29 is 19.2 Å². The lowest BCUT2D eigenvalue weighted by Crippen LogP contribution is -2.31. The van der Waals surface area contributed by atoms with E-state index >= 15 is 0 Å². The van der Waals surface area contributed by atoms with E-state index in [1.165, 1.54) is 9.80 Å². The summed E-state index contributed by atoms with van der Waals surface area (Å²) in [5, 5.41) is 7.03. The molecule has 2 fully saturated rings. The highest BCUT2D eigenvalue weighted by molar-refractivity contribution is 8.29. The summed E-state index contributed by atoms with van der Waals surface area (Å²) >= 11 is 16.3. The van der Waals surface area contributed by atoms with Gasteiger partial charge in [0.2, 0.25) is 11.8 Å². The third-order valence-electron chi connectivity index (χ3n) is 6.14. The molecule has 10 nitrogen and oxygen atoms in total. The van der Waals surface area contributed by atoms with Crippen LogP contribution in [0.2, 0.25) is 0 Å². The van der Waals surface area contributed by atoms with E-state index in [0.717, 1.165) is 61.0 Å². The molecule has 0 bridgehead atoms. The Morgan fingerprint density at radius 3 is 1.50 bits per heavy atom. The number of aliphatic imine (C=N–C) groups is 2. The molecule has 0 aliphatic carbocycles. The van der Waals surface area contributed by atoms with Crippen molar-refractivity contribution in [1.82, 2.24) is 20.4 Å². The number of unbranched alkanes of at least 4 members (excludes halogenated alkanes) is 4. The summed E-state index contributed by atoms with van der Waals surface area (Å²) in [5.41, 5.74) is 0. The van der Waals surface area contributed by atoms with Gasteiger partial charge >= 0.3 is 0 Å². The Morgan fingerprint density at radius 1 is 0.700 bits per heavy atom. The molecule has 0 spiro atoms. The number of amides is 4. The summed E-state index contributed by atoms with van der Waals surface area (Å²) < 4.78 is 0.860. The predicted octanol–water partition coefficient (Wildman–Crippen LogP) is 3.48. The van der Waals surface area contributed by atoms with Gasteiger partial charge in [-0.05, 0) is 25.7 Å². The molecule has 4 aliphatic heterocycles. The molecule has 40 heavy (non-hydrogen) atoms. The molecule has 16 heteroatoms. The fourth-order valence-corrected chi connectivity index (χ4v) is 8.37. The van der Waals surface area contributed by atoms with Crippen LogP contribution < -0.4 is 10.6 Å². The summed E-state index contributed by atoms with van der Waals surface area (Å²) in [5.74, 6) is 1.20. The smallest absolute Gasteiger partial charge is 0.267 e. The molecule has 4 rings (SSSR count). The van der Waals surface area contributed by atoms with Crippen LogP contribution in [0.5, 0.6) is 0 Å². The summed E-state index contributed by atoms with van der Waals surface area (Å²) in [6.07, 6.45) is 5.18. The maximum atomic E-state index is 13.1. The third kappa shape index (κ3) is 8.77. The Hall–Kier alpha value is -1.46. The summed E-state index contributed by atoms with van der Waals surface area (Å²) in [7, 11) is 0. The van der Waals surface area contributed by atoms with E-state index in [1.807, 2.05) is 0 Å². The zero-order valence-electron chi connectivity index (χ0n) is 21.8. The normalized spacial score (nSPS) is 21.0. The Balaban J connectivity index is 1.17. The van der Waals surface area contributed by atoms with Gasteiger partial charge in [0.25, 0.3) is 11.8 Å². The first kappa shape index (κ1) is 31.5. The fraction of sp³-hybridized carbons (Fsp3) is 0.583. The van der Waals surface area contributed by atoms with Crippen LogP contribution in [0.15, 0.2) is 19.8 Å². The first-order chi connectivity index (χ1) is 19.3. The van der Waals surface area contributed by atoms with Gasteiger partial charge in [0.15, 0.2) is 10.3 Å². The molecule has 0 unspecified atom stereocenters. The molecule has 4 heterocycles. The van der Waals surface area contributed by atoms with Crippen molar-refractivity contribution in [3.05, 3.63) is 9.81 Å². The van der Waals surface area contributed by atoms with E-state index in [0.29, 0.717) is 80.4 Å². The topological polar surface area (TPSA) is 124 Å². The number of amidine groups is 2. The minimum atomic E-state index is -0.263. The standard InChI is InChI=1S/C24H30N6O4S6/c31-15(27-21-25-9-13-37-21)7-3-1-5-11-29-19(33)17(39-23(29)35)18-20(34)30(24(36)40-18)12-6-2-4-8-16(32)28-22-26-10-14-38-22/h1-14H2,(H,25,27,31)(H,26,28,32). The molecule has 0 aromatic carbocycles. The largest absolute Gasteiger partial charge is 0.305 e. The highest BCUT2D eigenvalue weighted by atomic mass is 32.2. The number of carbonyl (C=O) groups is 4. The van der Waals surface area contributed by atoms with Crippen LogP contribution in [0.3, 0.4) is 0 Å². The average molecular weight is 659 g/mol. The molecule has 2 N–H and O–H groups in total. The molecule has 2 saturated heterocycles. The molecule has 0 aromatic heterocycles. The SMILES string of the molecule is O=C(CCCCCN1C(=O)C(=C2SC(=S)N(CCCCCC(=O)NC3=NCCS3)C2=O)SC1=S)NC1=NCCS1.